The molecule has 0 bridgehead atoms. The number of aryl methyl sites for hydroxylation is 8. The third-order valence-corrected chi connectivity index (χ3v) is 29.4. The molecule has 12 nitrogen and oxygen atoms in total. The van der Waals surface area contributed by atoms with E-state index >= 15 is 0 Å². The molecule has 25 rings (SSSR count). The summed E-state index contributed by atoms with van der Waals surface area (Å²) in [6, 6.07) is 125. The molecule has 0 saturated heterocycles. The molecule has 143 heavy (non-hydrogen) atoms. The van der Waals surface area contributed by atoms with Crippen LogP contribution >= 0.6 is 0 Å². The predicted molar refractivity (Wildman–Crippen MR) is 580 cm³/mol. The van der Waals surface area contributed by atoms with Crippen molar-refractivity contribution in [3.05, 3.63) is 407 Å². The molecule has 0 radical (unpaired) electrons. The van der Waals surface area contributed by atoms with Crippen LogP contribution in [0.15, 0.2) is 364 Å². The number of nitriles is 4. The van der Waals surface area contributed by atoms with E-state index in [9.17, 15) is 21.0 Å². The average Bonchev–Trinajstić information content (AvgIpc) is 1.61. The van der Waals surface area contributed by atoms with Gasteiger partial charge in [-0.1, -0.05) is 259 Å². The number of aromatic nitrogens is 4. The quantitative estimate of drug-likeness (QED) is 0.116. The van der Waals surface area contributed by atoms with Crippen LogP contribution < -0.4 is 18.3 Å². The fourth-order valence-corrected chi connectivity index (χ4v) is 22.0. The van der Waals surface area contributed by atoms with E-state index in [2.05, 4.69) is 351 Å². The van der Waals surface area contributed by atoms with Crippen LogP contribution in [-0.2, 0) is 28.2 Å². The van der Waals surface area contributed by atoms with E-state index in [1.165, 1.54) is 91.3 Å². The van der Waals surface area contributed by atoms with Crippen LogP contribution in [0.3, 0.4) is 0 Å². The molecule has 688 valence electrons. The summed E-state index contributed by atoms with van der Waals surface area (Å²) in [5.41, 5.74) is 37.1. The van der Waals surface area contributed by atoms with E-state index in [-0.39, 0.29) is 0 Å². The normalized spacial score (nSPS) is 12.2. The van der Waals surface area contributed by atoms with Gasteiger partial charge in [-0.3, -0.25) is 0 Å². The minimum atomic E-state index is 0.382. The van der Waals surface area contributed by atoms with Crippen LogP contribution in [0.1, 0.15) is 132 Å². The largest absolute Gasteiger partial charge is 0.454 e. The summed E-state index contributed by atoms with van der Waals surface area (Å²) < 4.78 is 35.8. The lowest BCUT2D eigenvalue weighted by Crippen LogP contribution is -2.33. The van der Waals surface area contributed by atoms with Crippen LogP contribution in [0.4, 0.5) is 0 Å². The highest BCUT2D eigenvalue weighted by Crippen LogP contribution is 2.50. The van der Waals surface area contributed by atoms with Gasteiger partial charge in [-0.15, -0.1) is 0 Å². The van der Waals surface area contributed by atoms with Crippen molar-refractivity contribution in [3.63, 3.8) is 0 Å². The molecule has 0 atom stereocenters. The fraction of sp³-hybridized carbons (Fsp3) is 0.145. The molecule has 24 aromatic rings. The molecule has 8 heterocycles. The summed E-state index contributed by atoms with van der Waals surface area (Å²) in [5.74, 6) is 1.54. The molecule has 12 heteroatoms. The molecule has 1 aliphatic rings. The average molecular weight is 1850 g/mol. The van der Waals surface area contributed by atoms with Gasteiger partial charge in [-0.05, 0) is 209 Å². The van der Waals surface area contributed by atoms with E-state index in [4.69, 9.17) is 17.7 Å². The van der Waals surface area contributed by atoms with Gasteiger partial charge in [0, 0.05) is 113 Å². The number of hydrogen-bond donors (Lipinski definition) is 0. The van der Waals surface area contributed by atoms with E-state index in [1.807, 2.05) is 121 Å². The van der Waals surface area contributed by atoms with Crippen molar-refractivity contribution >= 4 is 131 Å². The van der Waals surface area contributed by atoms with Crippen molar-refractivity contribution in [3.8, 4) is 114 Å². The first kappa shape index (κ1) is 90.5. The Bertz CT molecular complexity index is 9500. The fourth-order valence-electron chi connectivity index (χ4n) is 22.0. The van der Waals surface area contributed by atoms with Gasteiger partial charge in [-0.2, -0.15) is 30.2 Å². The summed E-state index contributed by atoms with van der Waals surface area (Å²) in [6.07, 6.45) is 9.56. The number of hydrogen-bond acceptors (Lipinski definition) is 8. The predicted octanol–water partition coefficient (Wildman–Crippen LogP) is 32.2. The van der Waals surface area contributed by atoms with Crippen molar-refractivity contribution in [1.29, 1.82) is 21.0 Å². The zero-order valence-corrected chi connectivity index (χ0v) is 82.2. The molecular formula is C131H104N8O4+4. The van der Waals surface area contributed by atoms with Gasteiger partial charge in [0.05, 0.1) is 79.6 Å². The van der Waals surface area contributed by atoms with E-state index in [0.717, 1.165) is 194 Å². The van der Waals surface area contributed by atoms with Crippen molar-refractivity contribution in [2.45, 2.75) is 98.8 Å². The molecule has 1 fully saturated rings. The summed E-state index contributed by atoms with van der Waals surface area (Å²) in [4.78, 5) is 0. The second-order valence-corrected chi connectivity index (χ2v) is 38.9. The lowest BCUT2D eigenvalue weighted by Gasteiger charge is -2.13. The number of rotatable bonds is 11. The number of nitrogens with zero attached hydrogens (tertiary/aromatic N) is 8. The highest BCUT2D eigenvalue weighted by atomic mass is 16.3. The molecule has 1 aliphatic carbocycles. The zero-order chi connectivity index (χ0) is 98.3. The lowest BCUT2D eigenvalue weighted by molar-refractivity contribution is -0.659. The maximum absolute atomic E-state index is 9.83. The minimum absolute atomic E-state index is 0.382. The Morgan fingerprint density at radius 1 is 0.280 bits per heavy atom. The first-order valence-electron chi connectivity index (χ1n) is 49.2. The Morgan fingerprint density at radius 3 is 1.03 bits per heavy atom. The Morgan fingerprint density at radius 2 is 0.629 bits per heavy atom. The highest BCUT2D eigenvalue weighted by Gasteiger charge is 2.33. The Balaban J connectivity index is 0.000000109. The van der Waals surface area contributed by atoms with Crippen LogP contribution in [0.2, 0.25) is 0 Å². The van der Waals surface area contributed by atoms with Crippen molar-refractivity contribution < 1.29 is 35.9 Å². The standard InChI is InChI=1S/C35H29N2O.2C33H27N2O.C30H21N2O/c1-22-12-14-29-31-19-23(21-36)18-30(25-10-4-3-5-11-25)34(31)38-35(29)32(22)33-28-15-13-26(24-8-6-7-9-24)20-27(28)16-17-37(33)2;1-20(2)26-18-30(35(4)29-13-9-8-12-24(26)29)31-21(3)14-15-25-28-17-22(19-34)16-27(32(28)36-33(25)31)23-10-6-5-7-11-23;1-20(2)24-11-13-26-25(18-24)14-15-35(4)31(26)30-21(3)10-12-27-29-17-22(19-34)16-28(32(29)36-33(27)30)23-8-6-5-7-9-23;1-19-12-14-23-25-17-20(18-31)16-24(21-8-4-3-5-9-21)29(25)33-30(23)28(19)27-15-13-22-10-6-7-11-26(22)32(27)2/h3-5,10-20,24H,6-9H2,1-2H3;2*5-18,20H,1-4H3;3-17H,1-2H3/q4*+1. The molecule has 0 unspecified atom stereocenters. The first-order chi connectivity index (χ1) is 69.7. The van der Waals surface area contributed by atoms with E-state index in [0.29, 0.717) is 40.0 Å². The van der Waals surface area contributed by atoms with Crippen LogP contribution in [0, 0.1) is 73.0 Å². The SMILES string of the molecule is Cc1ccc2c(oc3c(-c4ccccc4)cc(C#N)cc32)c1-c1c2ccc(C(C)C)cc2cc[n+]1C.Cc1ccc2c(oc3c(-c4ccccc4)cc(C#N)cc32)c1-c1c2ccc(C3CCCC3)cc2cc[n+]1C.Cc1ccc2c(oc3c(-c4ccccc4)cc(C#N)cc32)c1-c1cc(C(C)C)c2ccccc2[n+]1C.Cc1ccc2c(oc3c(-c4ccccc4)cc(C#N)cc32)c1-c1ccc2ccccc2[n+]1C. The minimum Gasteiger partial charge on any atom is -0.454 e. The second-order valence-electron chi connectivity index (χ2n) is 38.9. The molecule has 0 aliphatic heterocycles. The molecule has 0 spiro atoms. The number of furan rings is 4. The zero-order valence-electron chi connectivity index (χ0n) is 82.2. The van der Waals surface area contributed by atoms with E-state index in [1.54, 1.807) is 0 Å². The van der Waals surface area contributed by atoms with Crippen molar-refractivity contribution in [2.75, 3.05) is 0 Å². The Labute approximate surface area is 830 Å². The second kappa shape index (κ2) is 37.2. The maximum Gasteiger partial charge on any atom is 0.224 e. The van der Waals surface area contributed by atoms with Crippen LogP contribution in [-0.4, -0.2) is 0 Å². The summed E-state index contributed by atoms with van der Waals surface area (Å²) >= 11 is 0. The molecule has 16 aromatic carbocycles. The van der Waals surface area contributed by atoms with E-state index < -0.39 is 0 Å². The van der Waals surface area contributed by atoms with Crippen LogP contribution in [0.5, 0.6) is 0 Å². The van der Waals surface area contributed by atoms with Crippen LogP contribution in [0.25, 0.3) is 221 Å². The maximum atomic E-state index is 9.83. The number of fused-ring (bicyclic) bond motifs is 16. The monoisotopic (exact) mass is 1850 g/mol. The topological polar surface area (TPSA) is 163 Å². The van der Waals surface area contributed by atoms with Crippen molar-refractivity contribution in [2.24, 2.45) is 28.2 Å². The molecule has 1 saturated carbocycles. The van der Waals surface area contributed by atoms with Gasteiger partial charge >= 0.3 is 0 Å². The summed E-state index contributed by atoms with van der Waals surface area (Å²) in [6.45, 7) is 17.5. The molecular weight excluding hydrogens is 1750 g/mol. The smallest absolute Gasteiger partial charge is 0.224 e. The van der Waals surface area contributed by atoms with Gasteiger partial charge in [0.15, 0.2) is 12.4 Å². The number of benzene rings is 16. The molecule has 8 aromatic heterocycles. The van der Waals surface area contributed by atoms with Gasteiger partial charge in [-0.25, -0.2) is 9.13 Å². The molecule has 0 N–H and O–H groups in total. The number of para-hydroxylation sites is 2. The Kier molecular flexibility index (Phi) is 23.6. The van der Waals surface area contributed by atoms with Crippen molar-refractivity contribution in [1.82, 2.24) is 0 Å². The first-order valence-corrected chi connectivity index (χ1v) is 49.2. The summed E-state index contributed by atoms with van der Waals surface area (Å²) in [7, 11) is 8.44. The van der Waals surface area contributed by atoms with Gasteiger partial charge in [0.1, 0.15) is 72.9 Å². The third kappa shape index (κ3) is 16.1. The van der Waals surface area contributed by atoms with Gasteiger partial charge in [0.2, 0.25) is 33.8 Å². The lowest BCUT2D eigenvalue weighted by atomic mass is 9.92. The number of pyridine rings is 4. The molecule has 0 amide bonds. The summed E-state index contributed by atoms with van der Waals surface area (Å²) in [5, 5.41) is 54.5. The van der Waals surface area contributed by atoms with Gasteiger partial charge in [0.25, 0.3) is 0 Å². The highest BCUT2D eigenvalue weighted by molar-refractivity contribution is 6.19. The Hall–Kier alpha value is -17.7. The third-order valence-electron chi connectivity index (χ3n) is 29.4. The van der Waals surface area contributed by atoms with Gasteiger partial charge < -0.3 is 17.7 Å².